The quantitative estimate of drug-likeness (QED) is 0.482. The summed E-state index contributed by atoms with van der Waals surface area (Å²) in [6.45, 7) is 4.54. The van der Waals surface area contributed by atoms with Crippen LogP contribution in [0.15, 0.2) is 25.0 Å². The SMILES string of the molecule is CC1=C(C)[Se]C(=C2SC(S)=C(S)S2)[Se]1. The molecule has 2 aliphatic rings. The summed E-state index contributed by atoms with van der Waals surface area (Å²) in [6.07, 6.45) is 0. The van der Waals surface area contributed by atoms with E-state index in [-0.39, 0.29) is 0 Å². The van der Waals surface area contributed by atoms with Crippen LogP contribution in [0, 0.1) is 0 Å². The van der Waals surface area contributed by atoms with Crippen LogP contribution in [0.1, 0.15) is 13.8 Å². The molecule has 0 saturated carbocycles. The third-order valence-electron chi connectivity index (χ3n) is 1.72. The minimum absolute atomic E-state index is 0.603. The van der Waals surface area contributed by atoms with Crippen molar-refractivity contribution in [3.05, 3.63) is 25.0 Å². The van der Waals surface area contributed by atoms with Crippen LogP contribution < -0.4 is 0 Å². The normalized spacial score (nSPS) is 23.1. The molecule has 14 heavy (non-hydrogen) atoms. The average molecular weight is 390 g/mol. The van der Waals surface area contributed by atoms with Crippen molar-refractivity contribution in [2.75, 3.05) is 0 Å². The van der Waals surface area contributed by atoms with Crippen molar-refractivity contribution in [2.24, 2.45) is 0 Å². The molecule has 6 heteroatoms. The van der Waals surface area contributed by atoms with E-state index in [4.69, 9.17) is 0 Å². The molecular formula is C8H8S4Se2. The molecule has 0 bridgehead atoms. The van der Waals surface area contributed by atoms with Crippen LogP contribution in [-0.4, -0.2) is 29.9 Å². The maximum atomic E-state index is 4.40. The molecule has 0 radical (unpaired) electrons. The Kier molecular flexibility index (Phi) is 4.23. The molecule has 0 aromatic carbocycles. The number of allylic oxidation sites excluding steroid dienone is 2. The molecule has 0 aromatic heterocycles. The van der Waals surface area contributed by atoms with Crippen molar-refractivity contribution in [2.45, 2.75) is 13.8 Å². The first-order valence-electron chi connectivity index (χ1n) is 3.83. The topological polar surface area (TPSA) is 0 Å². The average Bonchev–Trinajstić information content (AvgIpc) is 2.60. The Morgan fingerprint density at radius 2 is 1.36 bits per heavy atom. The molecule has 0 amide bonds. The van der Waals surface area contributed by atoms with Crippen LogP contribution in [0.3, 0.4) is 0 Å². The summed E-state index contributed by atoms with van der Waals surface area (Å²) in [4.78, 5) is 0. The van der Waals surface area contributed by atoms with Crippen molar-refractivity contribution in [1.82, 2.24) is 0 Å². The molecule has 76 valence electrons. The Hall–Kier alpha value is 1.66. The van der Waals surface area contributed by atoms with Gasteiger partial charge in [0.1, 0.15) is 0 Å². The van der Waals surface area contributed by atoms with Gasteiger partial charge in [0.05, 0.1) is 0 Å². The summed E-state index contributed by atoms with van der Waals surface area (Å²) in [5.74, 6) is 0. The van der Waals surface area contributed by atoms with Gasteiger partial charge in [0.15, 0.2) is 0 Å². The summed E-state index contributed by atoms with van der Waals surface area (Å²) in [5.41, 5.74) is 0. The van der Waals surface area contributed by atoms with E-state index in [0.29, 0.717) is 29.9 Å². The van der Waals surface area contributed by atoms with Gasteiger partial charge in [-0.1, -0.05) is 0 Å². The summed E-state index contributed by atoms with van der Waals surface area (Å²) < 4.78 is 8.50. The zero-order chi connectivity index (χ0) is 10.3. The first-order valence-corrected chi connectivity index (χ1v) is 9.78. The number of rotatable bonds is 0. The van der Waals surface area contributed by atoms with Crippen LogP contribution in [0.4, 0.5) is 0 Å². The predicted molar refractivity (Wildman–Crippen MR) is 77.1 cm³/mol. The van der Waals surface area contributed by atoms with Gasteiger partial charge >= 0.3 is 118 Å². The van der Waals surface area contributed by atoms with Crippen LogP contribution >= 0.6 is 48.8 Å². The molecule has 0 unspecified atom stereocenters. The van der Waals surface area contributed by atoms with E-state index in [1.165, 1.54) is 4.24 Å². The van der Waals surface area contributed by atoms with Crippen molar-refractivity contribution < 1.29 is 0 Å². The van der Waals surface area contributed by atoms with E-state index >= 15 is 0 Å². The molecule has 0 aliphatic carbocycles. The molecule has 0 N–H and O–H groups in total. The van der Waals surface area contributed by atoms with Gasteiger partial charge in [-0.2, -0.15) is 0 Å². The van der Waals surface area contributed by atoms with Crippen LogP contribution in [0.5, 0.6) is 0 Å². The molecule has 2 rings (SSSR count). The third-order valence-corrected chi connectivity index (χ3v) is 13.2. The Labute approximate surface area is 116 Å². The van der Waals surface area contributed by atoms with Crippen LogP contribution in [-0.2, 0) is 0 Å². The summed E-state index contributed by atoms with van der Waals surface area (Å²) in [6, 6.07) is 0. The Morgan fingerprint density at radius 1 is 0.929 bits per heavy atom. The second-order valence-electron chi connectivity index (χ2n) is 2.71. The summed E-state index contributed by atoms with van der Waals surface area (Å²) >= 11 is 13.6. The second-order valence-corrected chi connectivity index (χ2v) is 13.0. The number of thioether (sulfide) groups is 2. The van der Waals surface area contributed by atoms with Gasteiger partial charge in [-0.3, -0.25) is 0 Å². The molecule has 0 saturated heterocycles. The van der Waals surface area contributed by atoms with Gasteiger partial charge < -0.3 is 0 Å². The maximum absolute atomic E-state index is 4.40. The van der Waals surface area contributed by atoms with E-state index in [9.17, 15) is 0 Å². The van der Waals surface area contributed by atoms with Crippen molar-refractivity contribution in [1.29, 1.82) is 0 Å². The predicted octanol–water partition coefficient (Wildman–Crippen LogP) is 3.25. The van der Waals surface area contributed by atoms with E-state index < -0.39 is 0 Å². The monoisotopic (exact) mass is 392 g/mol. The third kappa shape index (κ3) is 2.49. The molecular weight excluding hydrogens is 382 g/mol. The Morgan fingerprint density at radius 3 is 1.79 bits per heavy atom. The molecule has 0 atom stereocenters. The van der Waals surface area contributed by atoms with Gasteiger partial charge in [-0.15, -0.1) is 0 Å². The number of hydrogen-bond donors (Lipinski definition) is 2. The van der Waals surface area contributed by atoms with Gasteiger partial charge in [0.25, 0.3) is 0 Å². The number of thiol groups is 2. The summed E-state index contributed by atoms with van der Waals surface area (Å²) in [5, 5.41) is 0. The molecule has 0 fully saturated rings. The van der Waals surface area contributed by atoms with E-state index in [0.717, 1.165) is 8.47 Å². The molecule has 0 aromatic rings. The molecule has 0 nitrogen and oxygen atoms in total. The second kappa shape index (κ2) is 4.89. The zero-order valence-corrected chi connectivity index (χ0v) is 14.4. The van der Waals surface area contributed by atoms with Crippen molar-refractivity contribution in [3.8, 4) is 0 Å². The van der Waals surface area contributed by atoms with Gasteiger partial charge in [-0.05, 0) is 0 Å². The van der Waals surface area contributed by atoms with E-state index in [2.05, 4.69) is 39.1 Å². The Bertz CT molecular complexity index is 313. The summed E-state index contributed by atoms with van der Waals surface area (Å²) in [7, 11) is 0. The van der Waals surface area contributed by atoms with Crippen LogP contribution in [0.2, 0.25) is 0 Å². The minimum atomic E-state index is 0.603. The molecule has 2 heterocycles. The first kappa shape index (κ1) is 12.1. The number of hydrogen-bond acceptors (Lipinski definition) is 4. The first-order chi connectivity index (χ1) is 6.58. The van der Waals surface area contributed by atoms with Crippen molar-refractivity contribution in [3.63, 3.8) is 0 Å². The van der Waals surface area contributed by atoms with Gasteiger partial charge in [0.2, 0.25) is 0 Å². The Balaban J connectivity index is 2.17. The van der Waals surface area contributed by atoms with E-state index in [1.54, 1.807) is 35.8 Å². The standard InChI is InChI=1S/C8H8S4Se2/c1-3-4(2)14-8(13-3)7-11-5(9)6(10)12-7/h9-10H,1-2H3. The van der Waals surface area contributed by atoms with Crippen LogP contribution in [0.25, 0.3) is 0 Å². The van der Waals surface area contributed by atoms with E-state index in [1.807, 2.05) is 0 Å². The fourth-order valence-corrected chi connectivity index (χ4v) is 11.9. The fraction of sp³-hybridized carbons (Fsp3) is 0.250. The van der Waals surface area contributed by atoms with Gasteiger partial charge in [0, 0.05) is 0 Å². The molecule has 2 aliphatic heterocycles. The molecule has 0 spiro atoms. The van der Waals surface area contributed by atoms with Gasteiger partial charge in [-0.25, -0.2) is 0 Å². The fourth-order valence-electron chi connectivity index (χ4n) is 0.893. The zero-order valence-electron chi connectivity index (χ0n) is 7.53. The van der Waals surface area contributed by atoms with Crippen molar-refractivity contribution >= 4 is 78.7 Å².